The standard InChI is InChI=1S/C31H35NO6/c1-3-6-25-7-4-5-14-32(25)30(33)19-36-26-12-10-21-8-9-22(15-24(21)16-26)27(18-31(34)35-2)23-11-13-28-29(17-23)38-20-37-28/h8-13,15-17,25,27H,3-7,14,18-20H2,1-2H3. The van der Waals surface area contributed by atoms with Crippen LogP contribution in [0.25, 0.3) is 10.8 Å². The van der Waals surface area contributed by atoms with Crippen LogP contribution in [0.3, 0.4) is 0 Å². The van der Waals surface area contributed by atoms with Gasteiger partial charge in [0.05, 0.1) is 13.5 Å². The Hall–Kier alpha value is -3.74. The molecule has 2 aliphatic rings. The van der Waals surface area contributed by atoms with Crippen molar-refractivity contribution in [1.29, 1.82) is 0 Å². The van der Waals surface area contributed by atoms with Crippen molar-refractivity contribution in [3.8, 4) is 17.2 Å². The average molecular weight is 518 g/mol. The Balaban J connectivity index is 1.36. The normalized spacial score (nSPS) is 17.3. The number of benzene rings is 3. The molecule has 3 aromatic rings. The first kappa shape index (κ1) is 25.9. The van der Waals surface area contributed by atoms with Crippen LogP contribution >= 0.6 is 0 Å². The SMILES string of the molecule is CCCC1CCCCN1C(=O)COc1ccc2ccc(C(CC(=O)OC)c3ccc4c(c3)OCO4)cc2c1. The molecule has 1 amide bonds. The molecule has 0 aliphatic carbocycles. The predicted molar refractivity (Wildman–Crippen MR) is 145 cm³/mol. The van der Waals surface area contributed by atoms with E-state index >= 15 is 0 Å². The van der Waals surface area contributed by atoms with Crippen molar-refractivity contribution < 1.29 is 28.5 Å². The number of fused-ring (bicyclic) bond motifs is 2. The summed E-state index contributed by atoms with van der Waals surface area (Å²) >= 11 is 0. The van der Waals surface area contributed by atoms with E-state index in [-0.39, 0.29) is 37.6 Å². The van der Waals surface area contributed by atoms with E-state index in [1.165, 1.54) is 13.5 Å². The third kappa shape index (κ3) is 5.72. The van der Waals surface area contributed by atoms with Gasteiger partial charge < -0.3 is 23.8 Å². The summed E-state index contributed by atoms with van der Waals surface area (Å²) in [7, 11) is 1.40. The highest BCUT2D eigenvalue weighted by Crippen LogP contribution is 2.38. The van der Waals surface area contributed by atoms with E-state index < -0.39 is 0 Å². The first-order chi connectivity index (χ1) is 18.6. The first-order valence-corrected chi connectivity index (χ1v) is 13.5. The Morgan fingerprint density at radius 3 is 2.61 bits per heavy atom. The minimum Gasteiger partial charge on any atom is -0.484 e. The van der Waals surface area contributed by atoms with Gasteiger partial charge in [-0.2, -0.15) is 0 Å². The lowest BCUT2D eigenvalue weighted by atomic mass is 9.87. The Kier molecular flexibility index (Phi) is 8.01. The molecule has 0 saturated carbocycles. The average Bonchev–Trinajstić information content (AvgIpc) is 3.42. The van der Waals surface area contributed by atoms with Crippen molar-refractivity contribution in [3.05, 3.63) is 65.7 Å². The summed E-state index contributed by atoms with van der Waals surface area (Å²) in [6, 6.07) is 18.1. The highest BCUT2D eigenvalue weighted by atomic mass is 16.7. The van der Waals surface area contributed by atoms with Crippen molar-refractivity contribution in [2.24, 2.45) is 0 Å². The van der Waals surface area contributed by atoms with E-state index in [2.05, 4.69) is 13.0 Å². The van der Waals surface area contributed by atoms with Crippen LogP contribution < -0.4 is 14.2 Å². The zero-order chi connectivity index (χ0) is 26.5. The first-order valence-electron chi connectivity index (χ1n) is 13.5. The Labute approximate surface area is 223 Å². The van der Waals surface area contributed by atoms with Gasteiger partial charge in [0, 0.05) is 18.5 Å². The molecule has 7 nitrogen and oxygen atoms in total. The maximum Gasteiger partial charge on any atom is 0.306 e. The molecule has 0 bridgehead atoms. The van der Waals surface area contributed by atoms with E-state index in [0.717, 1.165) is 54.1 Å². The second-order valence-corrected chi connectivity index (χ2v) is 10.0. The molecule has 5 rings (SSSR count). The molecular formula is C31H35NO6. The lowest BCUT2D eigenvalue weighted by Gasteiger charge is -2.35. The second kappa shape index (κ2) is 11.8. The highest BCUT2D eigenvalue weighted by Gasteiger charge is 2.26. The molecule has 1 saturated heterocycles. The summed E-state index contributed by atoms with van der Waals surface area (Å²) in [6.07, 6.45) is 5.63. The van der Waals surface area contributed by atoms with Gasteiger partial charge in [0.1, 0.15) is 5.75 Å². The van der Waals surface area contributed by atoms with E-state index in [0.29, 0.717) is 23.3 Å². The number of ether oxygens (including phenoxy) is 4. The van der Waals surface area contributed by atoms with E-state index in [9.17, 15) is 9.59 Å². The van der Waals surface area contributed by atoms with Gasteiger partial charge in [0.25, 0.3) is 5.91 Å². The number of nitrogens with zero attached hydrogens (tertiary/aromatic N) is 1. The summed E-state index contributed by atoms with van der Waals surface area (Å²) < 4.78 is 22.0. The Bertz CT molecular complexity index is 1300. The molecule has 1 fully saturated rings. The van der Waals surface area contributed by atoms with E-state index in [1.807, 2.05) is 53.4 Å². The third-order valence-corrected chi connectivity index (χ3v) is 7.57. The highest BCUT2D eigenvalue weighted by molar-refractivity contribution is 5.85. The lowest BCUT2D eigenvalue weighted by Crippen LogP contribution is -2.45. The van der Waals surface area contributed by atoms with Crippen molar-refractivity contribution in [2.45, 2.75) is 57.4 Å². The van der Waals surface area contributed by atoms with Crippen molar-refractivity contribution in [3.63, 3.8) is 0 Å². The van der Waals surface area contributed by atoms with Crippen LogP contribution in [-0.4, -0.2) is 49.9 Å². The molecule has 0 radical (unpaired) electrons. The molecule has 2 unspecified atom stereocenters. The maximum atomic E-state index is 13.0. The van der Waals surface area contributed by atoms with Crippen LogP contribution in [0, 0.1) is 0 Å². The smallest absolute Gasteiger partial charge is 0.306 e. The number of hydrogen-bond acceptors (Lipinski definition) is 6. The van der Waals surface area contributed by atoms with Gasteiger partial charge in [0.15, 0.2) is 18.1 Å². The molecule has 0 aromatic heterocycles. The van der Waals surface area contributed by atoms with Crippen LogP contribution in [0.5, 0.6) is 17.2 Å². The van der Waals surface area contributed by atoms with Gasteiger partial charge in [-0.3, -0.25) is 9.59 Å². The van der Waals surface area contributed by atoms with Gasteiger partial charge in [-0.1, -0.05) is 43.7 Å². The number of carbonyl (C=O) groups is 2. The minimum atomic E-state index is -0.289. The van der Waals surface area contributed by atoms with Crippen LogP contribution in [0.4, 0.5) is 0 Å². The van der Waals surface area contributed by atoms with Gasteiger partial charge in [0.2, 0.25) is 6.79 Å². The topological polar surface area (TPSA) is 74.3 Å². The van der Waals surface area contributed by atoms with Crippen LogP contribution in [0.2, 0.25) is 0 Å². The minimum absolute atomic E-state index is 0.0353. The molecule has 0 N–H and O–H groups in total. The van der Waals surface area contributed by atoms with Crippen LogP contribution in [-0.2, 0) is 14.3 Å². The zero-order valence-corrected chi connectivity index (χ0v) is 22.1. The fourth-order valence-corrected chi connectivity index (χ4v) is 5.55. The Morgan fingerprint density at radius 2 is 1.76 bits per heavy atom. The fourth-order valence-electron chi connectivity index (χ4n) is 5.55. The fraction of sp³-hybridized carbons (Fsp3) is 0.419. The Morgan fingerprint density at radius 1 is 0.974 bits per heavy atom. The van der Waals surface area contributed by atoms with E-state index in [1.54, 1.807) is 0 Å². The van der Waals surface area contributed by atoms with Crippen molar-refractivity contribution in [2.75, 3.05) is 27.1 Å². The van der Waals surface area contributed by atoms with Gasteiger partial charge >= 0.3 is 5.97 Å². The van der Waals surface area contributed by atoms with Gasteiger partial charge in [-0.05, 0) is 71.8 Å². The molecule has 3 aromatic carbocycles. The molecular weight excluding hydrogens is 482 g/mol. The number of methoxy groups -OCH3 is 1. The number of carbonyl (C=O) groups excluding carboxylic acids is 2. The van der Waals surface area contributed by atoms with Crippen LogP contribution in [0.15, 0.2) is 54.6 Å². The molecule has 38 heavy (non-hydrogen) atoms. The van der Waals surface area contributed by atoms with Gasteiger partial charge in [-0.15, -0.1) is 0 Å². The molecule has 2 heterocycles. The number of rotatable bonds is 9. The number of piperidine rings is 1. The molecule has 0 spiro atoms. The van der Waals surface area contributed by atoms with Gasteiger partial charge in [-0.25, -0.2) is 0 Å². The third-order valence-electron chi connectivity index (χ3n) is 7.57. The zero-order valence-electron chi connectivity index (χ0n) is 22.1. The maximum absolute atomic E-state index is 13.0. The van der Waals surface area contributed by atoms with Crippen LogP contribution in [0.1, 0.15) is 62.5 Å². The summed E-state index contributed by atoms with van der Waals surface area (Å²) in [6.45, 7) is 3.21. The molecule has 2 aliphatic heterocycles. The van der Waals surface area contributed by atoms with E-state index in [4.69, 9.17) is 18.9 Å². The number of likely N-dealkylation sites (tertiary alicyclic amines) is 1. The lowest BCUT2D eigenvalue weighted by molar-refractivity contribution is -0.141. The number of amides is 1. The summed E-state index contributed by atoms with van der Waals surface area (Å²) in [5, 5.41) is 2.03. The van der Waals surface area contributed by atoms with Crippen molar-refractivity contribution >= 4 is 22.6 Å². The molecule has 200 valence electrons. The second-order valence-electron chi connectivity index (χ2n) is 10.0. The predicted octanol–water partition coefficient (Wildman–Crippen LogP) is 5.82. The monoisotopic (exact) mass is 517 g/mol. The number of hydrogen-bond donors (Lipinski definition) is 0. The summed E-state index contributed by atoms with van der Waals surface area (Å²) in [5.41, 5.74) is 1.92. The largest absolute Gasteiger partial charge is 0.484 e. The van der Waals surface area contributed by atoms with Crippen molar-refractivity contribution in [1.82, 2.24) is 4.90 Å². The quantitative estimate of drug-likeness (QED) is 0.333. The molecule has 7 heteroatoms. The summed E-state index contributed by atoms with van der Waals surface area (Å²) in [5.74, 6) is 1.57. The molecule has 2 atom stereocenters. The number of esters is 1. The summed E-state index contributed by atoms with van der Waals surface area (Å²) in [4.78, 5) is 27.3.